The molecule has 6 nitrogen and oxygen atoms in total. The molecular weight excluding hydrogens is 460 g/mol. The van der Waals surface area contributed by atoms with Gasteiger partial charge in [0.05, 0.1) is 6.54 Å². The minimum atomic E-state index is -1.07. The Hall–Kier alpha value is -1.50. The molecule has 2 N–H and O–H groups in total. The zero-order valence-corrected chi connectivity index (χ0v) is 24.2. The maximum absolute atomic E-state index is 12.0. The lowest BCUT2D eigenvalue weighted by Crippen LogP contribution is -2.48. The molecule has 2 amide bonds. The van der Waals surface area contributed by atoms with Crippen LogP contribution in [0.4, 0.5) is 4.79 Å². The molecule has 0 aliphatic heterocycles. The second kappa shape index (κ2) is 19.7. The monoisotopic (exact) mass is 512 g/mol. The fourth-order valence-electron chi connectivity index (χ4n) is 4.04. The first-order chi connectivity index (χ1) is 16.4. The number of nitrogens with one attached hydrogen (secondary N) is 1. The number of urea groups is 1. The first-order valence-corrected chi connectivity index (χ1v) is 14.5. The number of carbonyl (C=O) groups is 3. The molecule has 0 rings (SSSR count). The van der Waals surface area contributed by atoms with Crippen LogP contribution in [0.1, 0.15) is 99.3 Å². The van der Waals surface area contributed by atoms with Crippen LogP contribution in [0.5, 0.6) is 0 Å². The van der Waals surface area contributed by atoms with Crippen LogP contribution in [0, 0.1) is 17.8 Å². The highest BCUT2D eigenvalue weighted by atomic mass is 32.2. The quantitative estimate of drug-likeness (QED) is 0.139. The zero-order chi connectivity index (χ0) is 26.8. The fourth-order valence-corrected chi connectivity index (χ4v) is 5.04. The maximum Gasteiger partial charge on any atom is 0.327 e. The molecule has 3 atom stereocenters. The number of Topliss-reactive ketones (excluding diaryl/α,β-unsaturated/α-hetero) is 1. The number of hydrogen-bond donors (Lipinski definition) is 2. The van der Waals surface area contributed by atoms with Crippen molar-refractivity contribution in [2.75, 3.05) is 25.1 Å². The predicted molar refractivity (Wildman–Crippen MR) is 149 cm³/mol. The number of ketones is 1. The summed E-state index contributed by atoms with van der Waals surface area (Å²) in [4.78, 5) is 35.8. The Bertz CT molecular complexity index is 651. The lowest BCUT2D eigenvalue weighted by molar-refractivity contribution is -0.138. The standard InChI is InChI=1S/C28H52N2O4S/c1-21(2)11-8-12-22(3)13-9-14-23(4)15-10-16-24(5)17-18-35-20-26(27(32)33)29-28(34)30(7)19-25(6)31/h17,21-23,26H,8-16,18-20H2,1-7H3,(H,29,34)(H,32,33)/b24-17-. The maximum atomic E-state index is 12.0. The van der Waals surface area contributed by atoms with Crippen LogP contribution in [0.3, 0.4) is 0 Å². The number of amides is 2. The molecule has 204 valence electrons. The topological polar surface area (TPSA) is 86.7 Å². The number of rotatable bonds is 20. The minimum absolute atomic E-state index is 0.0383. The fraction of sp³-hybridized carbons (Fsp3) is 0.821. The minimum Gasteiger partial charge on any atom is -0.480 e. The number of carboxylic acid groups (broad SMARTS) is 1. The average Bonchev–Trinajstić information content (AvgIpc) is 2.74. The van der Waals surface area contributed by atoms with Crippen LogP contribution in [-0.4, -0.2) is 58.9 Å². The van der Waals surface area contributed by atoms with Gasteiger partial charge in [-0.25, -0.2) is 9.59 Å². The molecule has 7 heteroatoms. The number of hydrogen-bond acceptors (Lipinski definition) is 4. The molecule has 0 aliphatic carbocycles. The molecule has 35 heavy (non-hydrogen) atoms. The summed E-state index contributed by atoms with van der Waals surface area (Å²) in [5.41, 5.74) is 1.33. The van der Waals surface area contributed by atoms with E-state index in [1.165, 1.54) is 87.6 Å². The lowest BCUT2D eigenvalue weighted by Gasteiger charge is -2.20. The van der Waals surface area contributed by atoms with E-state index in [-0.39, 0.29) is 18.1 Å². The van der Waals surface area contributed by atoms with Gasteiger partial charge in [-0.1, -0.05) is 84.3 Å². The van der Waals surface area contributed by atoms with E-state index in [9.17, 15) is 19.5 Å². The molecule has 0 spiro atoms. The SMILES string of the molecule is CC(=O)CN(C)C(=O)NC(CSC/C=C(/C)CCCC(C)CCCC(C)CCCC(C)C)C(=O)O. The number of allylic oxidation sites excluding steroid dienone is 1. The summed E-state index contributed by atoms with van der Waals surface area (Å²) in [5.74, 6) is 2.22. The molecule has 0 saturated carbocycles. The van der Waals surface area contributed by atoms with E-state index in [2.05, 4.69) is 46.0 Å². The third-order valence-electron chi connectivity index (χ3n) is 6.38. The summed E-state index contributed by atoms with van der Waals surface area (Å²) in [6.45, 7) is 12.9. The number of nitrogens with zero attached hydrogens (tertiary/aromatic N) is 1. The summed E-state index contributed by atoms with van der Waals surface area (Å²) < 4.78 is 0. The van der Waals surface area contributed by atoms with E-state index in [0.29, 0.717) is 0 Å². The third kappa shape index (κ3) is 19.4. The van der Waals surface area contributed by atoms with Crippen LogP contribution in [0.15, 0.2) is 11.6 Å². The van der Waals surface area contributed by atoms with Gasteiger partial charge in [-0.15, -0.1) is 0 Å². The van der Waals surface area contributed by atoms with Gasteiger partial charge in [0.25, 0.3) is 0 Å². The van der Waals surface area contributed by atoms with E-state index in [1.54, 1.807) is 0 Å². The van der Waals surface area contributed by atoms with Crippen molar-refractivity contribution in [3.8, 4) is 0 Å². The van der Waals surface area contributed by atoms with E-state index in [1.807, 2.05) is 0 Å². The number of likely N-dealkylation sites (N-methyl/N-ethyl adjacent to an activating group) is 1. The Kier molecular flexibility index (Phi) is 18.8. The Morgan fingerprint density at radius 2 is 1.46 bits per heavy atom. The van der Waals surface area contributed by atoms with Crippen molar-refractivity contribution >= 4 is 29.5 Å². The normalized spacial score (nSPS) is 14.5. The second-order valence-corrected chi connectivity index (χ2v) is 11.9. The summed E-state index contributed by atoms with van der Waals surface area (Å²) in [7, 11) is 1.48. The Labute approximate surface area is 219 Å². The molecule has 0 aliphatic rings. The van der Waals surface area contributed by atoms with Crippen molar-refractivity contribution in [2.45, 2.75) is 105 Å². The Morgan fingerprint density at radius 1 is 0.914 bits per heavy atom. The number of carboxylic acids is 1. The molecule has 0 heterocycles. The first kappa shape index (κ1) is 33.5. The largest absolute Gasteiger partial charge is 0.480 e. The van der Waals surface area contributed by atoms with Gasteiger partial charge in [-0.05, 0) is 44.4 Å². The van der Waals surface area contributed by atoms with Crippen LogP contribution < -0.4 is 5.32 Å². The van der Waals surface area contributed by atoms with Crippen molar-refractivity contribution in [3.05, 3.63) is 11.6 Å². The summed E-state index contributed by atoms with van der Waals surface area (Å²) in [6.07, 6.45) is 13.8. The summed E-state index contributed by atoms with van der Waals surface area (Å²) in [5, 5.41) is 11.9. The third-order valence-corrected chi connectivity index (χ3v) is 7.35. The lowest BCUT2D eigenvalue weighted by atomic mass is 9.91. The van der Waals surface area contributed by atoms with Crippen molar-refractivity contribution in [2.24, 2.45) is 17.8 Å². The van der Waals surface area contributed by atoms with E-state index < -0.39 is 18.0 Å². The van der Waals surface area contributed by atoms with Crippen molar-refractivity contribution in [1.82, 2.24) is 10.2 Å². The molecule has 0 aromatic rings. The molecule has 0 radical (unpaired) electrons. The average molecular weight is 513 g/mol. The number of carbonyl (C=O) groups excluding carboxylic acids is 2. The van der Waals surface area contributed by atoms with Crippen LogP contribution in [-0.2, 0) is 9.59 Å². The van der Waals surface area contributed by atoms with Crippen molar-refractivity contribution in [3.63, 3.8) is 0 Å². The van der Waals surface area contributed by atoms with Crippen molar-refractivity contribution < 1.29 is 19.5 Å². The smallest absolute Gasteiger partial charge is 0.327 e. The van der Waals surface area contributed by atoms with Gasteiger partial charge in [0, 0.05) is 18.6 Å². The van der Waals surface area contributed by atoms with Gasteiger partial charge in [0.15, 0.2) is 0 Å². The molecular formula is C28H52N2O4S. The zero-order valence-electron chi connectivity index (χ0n) is 23.4. The molecule has 0 aromatic carbocycles. The Morgan fingerprint density at radius 3 is 1.97 bits per heavy atom. The van der Waals surface area contributed by atoms with E-state index >= 15 is 0 Å². The van der Waals surface area contributed by atoms with E-state index in [0.717, 1.165) is 29.9 Å². The van der Waals surface area contributed by atoms with Gasteiger partial charge in [0.2, 0.25) is 0 Å². The highest BCUT2D eigenvalue weighted by Crippen LogP contribution is 2.22. The van der Waals surface area contributed by atoms with Gasteiger partial charge in [-0.3, -0.25) is 4.79 Å². The van der Waals surface area contributed by atoms with E-state index in [4.69, 9.17) is 0 Å². The molecule has 0 aromatic heterocycles. The van der Waals surface area contributed by atoms with Gasteiger partial charge in [0.1, 0.15) is 11.8 Å². The second-order valence-electron chi connectivity index (χ2n) is 10.8. The van der Waals surface area contributed by atoms with Crippen molar-refractivity contribution in [1.29, 1.82) is 0 Å². The highest BCUT2D eigenvalue weighted by Gasteiger charge is 2.22. The highest BCUT2D eigenvalue weighted by molar-refractivity contribution is 7.99. The van der Waals surface area contributed by atoms with Crippen LogP contribution >= 0.6 is 11.8 Å². The van der Waals surface area contributed by atoms with Gasteiger partial charge in [-0.2, -0.15) is 11.8 Å². The summed E-state index contributed by atoms with van der Waals surface area (Å²) >= 11 is 1.49. The molecule has 0 bridgehead atoms. The summed E-state index contributed by atoms with van der Waals surface area (Å²) in [6, 6.07) is -1.52. The number of aliphatic carboxylic acids is 1. The van der Waals surface area contributed by atoms with Crippen LogP contribution in [0.2, 0.25) is 0 Å². The van der Waals surface area contributed by atoms with Crippen LogP contribution in [0.25, 0.3) is 0 Å². The van der Waals surface area contributed by atoms with Gasteiger partial charge < -0.3 is 15.3 Å². The predicted octanol–water partition coefficient (Wildman–Crippen LogP) is 6.79. The molecule has 3 unspecified atom stereocenters. The number of thioether (sulfide) groups is 1. The molecule has 0 fully saturated rings. The van der Waals surface area contributed by atoms with Gasteiger partial charge >= 0.3 is 12.0 Å². The first-order valence-electron chi connectivity index (χ1n) is 13.4. The molecule has 0 saturated heterocycles. The Balaban J connectivity index is 4.08.